The van der Waals surface area contributed by atoms with Gasteiger partial charge in [-0.05, 0) is 23.8 Å². The molecule has 0 bridgehead atoms. The van der Waals surface area contributed by atoms with Crippen LogP contribution in [-0.4, -0.2) is 31.1 Å². The zero-order valence-corrected chi connectivity index (χ0v) is 13.0. The van der Waals surface area contributed by atoms with Crippen molar-refractivity contribution in [2.45, 2.75) is 6.04 Å². The highest BCUT2D eigenvalue weighted by Crippen LogP contribution is 2.29. The number of halogens is 3. The molecular formula is C13H20Cl3N3. The quantitative estimate of drug-likeness (QED) is 0.663. The number of anilines is 1. The van der Waals surface area contributed by atoms with Gasteiger partial charge in [0.2, 0.25) is 0 Å². The van der Waals surface area contributed by atoms with E-state index in [1.54, 1.807) is 0 Å². The summed E-state index contributed by atoms with van der Waals surface area (Å²) < 4.78 is 0. The average molecular weight is 325 g/mol. The van der Waals surface area contributed by atoms with Gasteiger partial charge in [0.05, 0.1) is 6.04 Å². The molecule has 0 amide bonds. The van der Waals surface area contributed by atoms with Gasteiger partial charge in [-0.15, -0.1) is 31.4 Å². The highest BCUT2D eigenvalue weighted by molar-refractivity contribution is 6.30. The monoisotopic (exact) mass is 323 g/mol. The van der Waals surface area contributed by atoms with Crippen molar-refractivity contribution in [1.82, 2.24) is 10.2 Å². The topological polar surface area (TPSA) is 41.3 Å². The van der Waals surface area contributed by atoms with Gasteiger partial charge in [0.1, 0.15) is 0 Å². The molecule has 19 heavy (non-hydrogen) atoms. The Balaban J connectivity index is 0.00000162. The van der Waals surface area contributed by atoms with Crippen LogP contribution in [0.2, 0.25) is 5.02 Å². The second kappa shape index (κ2) is 8.67. The number of benzene rings is 1. The van der Waals surface area contributed by atoms with Crippen molar-refractivity contribution in [3.8, 4) is 0 Å². The van der Waals surface area contributed by atoms with E-state index in [1.165, 1.54) is 0 Å². The maximum atomic E-state index is 6.04. The van der Waals surface area contributed by atoms with Crippen LogP contribution in [0.1, 0.15) is 11.6 Å². The van der Waals surface area contributed by atoms with Crippen LogP contribution in [0.25, 0.3) is 0 Å². The Labute approximate surface area is 132 Å². The summed E-state index contributed by atoms with van der Waals surface area (Å²) >= 11 is 6.04. The van der Waals surface area contributed by atoms with Crippen LogP contribution in [0.15, 0.2) is 30.9 Å². The van der Waals surface area contributed by atoms with E-state index in [4.69, 9.17) is 17.3 Å². The van der Waals surface area contributed by atoms with Crippen molar-refractivity contribution in [3.63, 3.8) is 0 Å². The molecule has 1 aromatic rings. The lowest BCUT2D eigenvalue weighted by Crippen LogP contribution is -2.44. The first-order valence-corrected chi connectivity index (χ1v) is 6.22. The van der Waals surface area contributed by atoms with E-state index in [9.17, 15) is 0 Å². The van der Waals surface area contributed by atoms with Crippen LogP contribution < -0.4 is 11.1 Å². The minimum atomic E-state index is 0. The molecule has 0 aliphatic carbocycles. The molecule has 2 rings (SSSR count). The maximum absolute atomic E-state index is 6.04. The van der Waals surface area contributed by atoms with Gasteiger partial charge < -0.3 is 11.1 Å². The first-order valence-electron chi connectivity index (χ1n) is 5.84. The number of nitrogens with zero attached hydrogens (tertiary/aromatic N) is 1. The molecule has 0 aromatic heterocycles. The molecule has 6 heteroatoms. The number of nitrogens with one attached hydrogen (secondary N) is 1. The van der Waals surface area contributed by atoms with Crippen molar-refractivity contribution >= 4 is 42.1 Å². The summed E-state index contributed by atoms with van der Waals surface area (Å²) in [6.45, 7) is 7.94. The predicted octanol–water partition coefficient (Wildman–Crippen LogP) is 2.90. The van der Waals surface area contributed by atoms with Crippen molar-refractivity contribution in [2.24, 2.45) is 0 Å². The van der Waals surface area contributed by atoms with Gasteiger partial charge in [-0.3, -0.25) is 4.90 Å². The molecule has 0 spiro atoms. The van der Waals surface area contributed by atoms with Gasteiger partial charge in [0.25, 0.3) is 0 Å². The third kappa shape index (κ3) is 4.55. The Morgan fingerprint density at radius 3 is 2.53 bits per heavy atom. The summed E-state index contributed by atoms with van der Waals surface area (Å²) in [6.07, 6.45) is 1.94. The van der Waals surface area contributed by atoms with E-state index in [0.717, 1.165) is 42.5 Å². The largest absolute Gasteiger partial charge is 0.398 e. The first-order chi connectivity index (χ1) is 8.22. The minimum absolute atomic E-state index is 0. The van der Waals surface area contributed by atoms with Gasteiger partial charge in [-0.1, -0.05) is 17.7 Å². The second-order valence-corrected chi connectivity index (χ2v) is 4.68. The lowest BCUT2D eigenvalue weighted by molar-refractivity contribution is 0.204. The highest BCUT2D eigenvalue weighted by atomic mass is 35.5. The molecule has 0 saturated carbocycles. The molecule has 1 heterocycles. The Bertz CT molecular complexity index is 406. The number of nitrogens with two attached hydrogens (primary N) is 1. The lowest BCUT2D eigenvalue weighted by Gasteiger charge is -2.34. The van der Waals surface area contributed by atoms with Crippen LogP contribution in [0.4, 0.5) is 5.69 Å². The number of nitrogen functional groups attached to an aromatic ring is 1. The van der Waals surface area contributed by atoms with Crippen molar-refractivity contribution < 1.29 is 0 Å². The van der Waals surface area contributed by atoms with Crippen LogP contribution in [0, 0.1) is 0 Å². The fourth-order valence-corrected chi connectivity index (χ4v) is 2.42. The van der Waals surface area contributed by atoms with Gasteiger partial charge in [-0.25, -0.2) is 0 Å². The summed E-state index contributed by atoms with van der Waals surface area (Å²) in [4.78, 5) is 2.37. The van der Waals surface area contributed by atoms with Crippen LogP contribution in [0.3, 0.4) is 0 Å². The molecule has 3 N–H and O–H groups in total. The van der Waals surface area contributed by atoms with Crippen molar-refractivity contribution in [1.29, 1.82) is 0 Å². The summed E-state index contributed by atoms with van der Waals surface area (Å²) in [7, 11) is 0. The zero-order valence-electron chi connectivity index (χ0n) is 10.6. The summed E-state index contributed by atoms with van der Waals surface area (Å²) in [6, 6.07) is 5.76. The van der Waals surface area contributed by atoms with E-state index >= 15 is 0 Å². The molecule has 1 aliphatic heterocycles. The molecule has 0 radical (unpaired) electrons. The standard InChI is InChI=1S/C13H18ClN3.2ClH/c1-2-13(17-7-5-16-6-8-17)11-9-10(14)3-4-12(11)15;;/h2-4,9,13,16H,1,5-8,15H2;2*1H/t13-;;/m0../s1. The zero-order chi connectivity index (χ0) is 12.3. The predicted molar refractivity (Wildman–Crippen MR) is 87.7 cm³/mol. The molecular weight excluding hydrogens is 305 g/mol. The summed E-state index contributed by atoms with van der Waals surface area (Å²) in [5, 5.41) is 4.06. The van der Waals surface area contributed by atoms with Crippen molar-refractivity contribution in [3.05, 3.63) is 41.4 Å². The Morgan fingerprint density at radius 2 is 1.95 bits per heavy atom. The van der Waals surface area contributed by atoms with Gasteiger partial charge >= 0.3 is 0 Å². The number of piperazine rings is 1. The third-order valence-electron chi connectivity index (χ3n) is 3.14. The Morgan fingerprint density at radius 1 is 1.32 bits per heavy atom. The Kier molecular flexibility index (Phi) is 8.46. The molecule has 1 aliphatic rings. The first kappa shape index (κ1) is 18.6. The second-order valence-electron chi connectivity index (χ2n) is 4.24. The van der Waals surface area contributed by atoms with E-state index in [1.807, 2.05) is 24.3 Å². The van der Waals surface area contributed by atoms with E-state index < -0.39 is 0 Å². The van der Waals surface area contributed by atoms with Gasteiger partial charge in [-0.2, -0.15) is 0 Å². The van der Waals surface area contributed by atoms with Crippen LogP contribution in [0.5, 0.6) is 0 Å². The Hall–Kier alpha value is -0.450. The molecule has 1 atom stereocenters. The highest BCUT2D eigenvalue weighted by Gasteiger charge is 2.21. The van der Waals surface area contributed by atoms with E-state index in [0.29, 0.717) is 0 Å². The number of rotatable bonds is 3. The van der Waals surface area contributed by atoms with E-state index in [2.05, 4.69) is 16.8 Å². The summed E-state index contributed by atoms with van der Waals surface area (Å²) in [5.41, 5.74) is 7.85. The fraction of sp³-hybridized carbons (Fsp3) is 0.385. The van der Waals surface area contributed by atoms with Crippen LogP contribution in [-0.2, 0) is 0 Å². The molecule has 108 valence electrons. The SMILES string of the molecule is C=C[C@@H](c1cc(Cl)ccc1N)N1CCNCC1.Cl.Cl. The van der Waals surface area contributed by atoms with Gasteiger partial charge in [0.15, 0.2) is 0 Å². The molecule has 0 unspecified atom stereocenters. The summed E-state index contributed by atoms with van der Waals surface area (Å²) in [5.74, 6) is 0. The molecule has 1 fully saturated rings. The third-order valence-corrected chi connectivity index (χ3v) is 3.37. The smallest absolute Gasteiger partial charge is 0.0550 e. The maximum Gasteiger partial charge on any atom is 0.0550 e. The molecule has 1 aromatic carbocycles. The number of hydrogen-bond acceptors (Lipinski definition) is 3. The van der Waals surface area contributed by atoms with E-state index in [-0.39, 0.29) is 30.9 Å². The lowest BCUT2D eigenvalue weighted by atomic mass is 10.0. The average Bonchev–Trinajstić information content (AvgIpc) is 2.36. The van der Waals surface area contributed by atoms with Crippen molar-refractivity contribution in [2.75, 3.05) is 31.9 Å². The normalized spacial score (nSPS) is 16.9. The molecule has 1 saturated heterocycles. The minimum Gasteiger partial charge on any atom is -0.398 e. The molecule has 3 nitrogen and oxygen atoms in total. The van der Waals surface area contributed by atoms with Crippen LogP contribution >= 0.6 is 36.4 Å². The fourth-order valence-electron chi connectivity index (χ4n) is 2.23. The van der Waals surface area contributed by atoms with Gasteiger partial charge in [0, 0.05) is 36.9 Å². The number of hydrogen-bond donors (Lipinski definition) is 2.